The summed E-state index contributed by atoms with van der Waals surface area (Å²) in [6.07, 6.45) is 0.358. The fourth-order valence-corrected chi connectivity index (χ4v) is 6.27. The highest BCUT2D eigenvalue weighted by Crippen LogP contribution is 2.31. The van der Waals surface area contributed by atoms with Crippen molar-refractivity contribution in [2.24, 2.45) is 0 Å². The molecule has 2 aliphatic heterocycles. The second kappa shape index (κ2) is 7.10. The summed E-state index contributed by atoms with van der Waals surface area (Å²) < 4.78 is 55.6. The number of benzene rings is 1. The number of hydrogen-bond acceptors (Lipinski definition) is 8. The minimum atomic E-state index is -3.98. The summed E-state index contributed by atoms with van der Waals surface area (Å²) in [4.78, 5) is 10.2. The van der Waals surface area contributed by atoms with Crippen LogP contribution in [0.1, 0.15) is 6.42 Å². The third-order valence-corrected chi connectivity index (χ3v) is 8.06. The summed E-state index contributed by atoms with van der Waals surface area (Å²) in [5.41, 5.74) is -0.175. The minimum Gasteiger partial charge on any atom is -0.380 e. The summed E-state index contributed by atoms with van der Waals surface area (Å²) in [6.45, 7) is 0.806. The third kappa shape index (κ3) is 3.98. The van der Waals surface area contributed by atoms with Crippen LogP contribution in [-0.4, -0.2) is 69.9 Å². The molecular weight excluding hydrogens is 386 g/mol. The molecule has 1 aromatic carbocycles. The maximum atomic E-state index is 13.0. The predicted octanol–water partition coefficient (Wildman–Crippen LogP) is 0.215. The largest absolute Gasteiger partial charge is 0.380 e. The summed E-state index contributed by atoms with van der Waals surface area (Å²) in [5.74, 6) is -0.0653. The predicted molar refractivity (Wildman–Crippen MR) is 93.4 cm³/mol. The molecule has 3 rings (SSSR count). The molecule has 0 aliphatic carbocycles. The fourth-order valence-electron chi connectivity index (χ4n) is 3.01. The molecule has 1 N–H and O–H groups in total. The zero-order valence-electron chi connectivity index (χ0n) is 13.8. The Labute approximate surface area is 151 Å². The van der Waals surface area contributed by atoms with Crippen LogP contribution in [-0.2, 0) is 24.6 Å². The van der Waals surface area contributed by atoms with E-state index in [9.17, 15) is 26.9 Å². The molecule has 2 saturated heterocycles. The molecule has 0 unspecified atom stereocenters. The lowest BCUT2D eigenvalue weighted by Gasteiger charge is -2.27. The van der Waals surface area contributed by atoms with E-state index in [0.717, 1.165) is 6.07 Å². The van der Waals surface area contributed by atoms with E-state index >= 15 is 0 Å². The second-order valence-corrected chi connectivity index (χ2v) is 10.3. The van der Waals surface area contributed by atoms with Gasteiger partial charge in [-0.15, -0.1) is 0 Å². The van der Waals surface area contributed by atoms with E-state index in [1.54, 1.807) is 0 Å². The lowest BCUT2D eigenvalue weighted by Crippen LogP contribution is -2.41. The number of sulfonamides is 1. The molecule has 12 heteroatoms. The number of nitro benzene ring substituents is 1. The number of anilines is 1. The molecule has 0 bridgehead atoms. The number of rotatable bonds is 5. The van der Waals surface area contributed by atoms with Gasteiger partial charge in [0.05, 0.1) is 35.3 Å². The van der Waals surface area contributed by atoms with Gasteiger partial charge in [0.25, 0.3) is 5.69 Å². The number of morpholine rings is 1. The topological polar surface area (TPSA) is 136 Å². The van der Waals surface area contributed by atoms with E-state index in [-0.39, 0.29) is 54.1 Å². The lowest BCUT2D eigenvalue weighted by molar-refractivity contribution is -0.385. The molecule has 144 valence electrons. The highest BCUT2D eigenvalue weighted by Gasteiger charge is 2.33. The first-order valence-corrected chi connectivity index (χ1v) is 11.3. The lowest BCUT2D eigenvalue weighted by atomic mass is 10.2. The van der Waals surface area contributed by atoms with Gasteiger partial charge in [-0.1, -0.05) is 0 Å². The first-order chi connectivity index (χ1) is 12.2. The van der Waals surface area contributed by atoms with Gasteiger partial charge in [0.2, 0.25) is 10.0 Å². The number of hydrogen-bond donors (Lipinski definition) is 1. The molecule has 2 fully saturated rings. The van der Waals surface area contributed by atoms with Crippen LogP contribution < -0.4 is 5.32 Å². The van der Waals surface area contributed by atoms with Crippen molar-refractivity contribution < 1.29 is 26.5 Å². The maximum absolute atomic E-state index is 13.0. The zero-order chi connectivity index (χ0) is 18.9. The highest BCUT2D eigenvalue weighted by molar-refractivity contribution is 7.91. The van der Waals surface area contributed by atoms with Crippen LogP contribution in [0.3, 0.4) is 0 Å². The molecule has 26 heavy (non-hydrogen) atoms. The van der Waals surface area contributed by atoms with E-state index in [2.05, 4.69) is 5.32 Å². The molecule has 2 aliphatic rings. The fraction of sp³-hybridized carbons (Fsp3) is 0.571. The number of sulfone groups is 1. The molecule has 1 atom stereocenters. The Morgan fingerprint density at radius 1 is 1.27 bits per heavy atom. The Hall–Kier alpha value is -1.76. The molecule has 0 amide bonds. The van der Waals surface area contributed by atoms with Gasteiger partial charge in [-0.3, -0.25) is 10.1 Å². The summed E-state index contributed by atoms with van der Waals surface area (Å²) in [7, 11) is -7.14. The van der Waals surface area contributed by atoms with Crippen LogP contribution in [0.15, 0.2) is 23.1 Å². The van der Waals surface area contributed by atoms with Crippen LogP contribution in [0.4, 0.5) is 11.4 Å². The van der Waals surface area contributed by atoms with Crippen molar-refractivity contribution in [1.29, 1.82) is 0 Å². The van der Waals surface area contributed by atoms with Gasteiger partial charge in [0, 0.05) is 31.3 Å². The average Bonchev–Trinajstić information content (AvgIpc) is 2.94. The summed E-state index contributed by atoms with van der Waals surface area (Å²) in [5, 5.41) is 14.0. The molecule has 2 heterocycles. The van der Waals surface area contributed by atoms with Gasteiger partial charge in [-0.05, 0) is 12.5 Å². The zero-order valence-corrected chi connectivity index (χ0v) is 15.5. The average molecular weight is 405 g/mol. The quantitative estimate of drug-likeness (QED) is 0.542. The number of nitrogens with one attached hydrogen (secondary N) is 1. The summed E-state index contributed by atoms with van der Waals surface area (Å²) in [6, 6.07) is 3.09. The van der Waals surface area contributed by atoms with Gasteiger partial charge < -0.3 is 10.1 Å². The van der Waals surface area contributed by atoms with E-state index in [4.69, 9.17) is 4.74 Å². The third-order valence-electron chi connectivity index (χ3n) is 4.36. The van der Waals surface area contributed by atoms with Gasteiger partial charge in [-0.2, -0.15) is 4.31 Å². The standard InChI is InChI=1S/C14H19N3O7S2/c18-17(19)12-1-2-13(15-11-3-8-25(20,21)10-11)14(9-12)26(22,23)16-4-6-24-7-5-16/h1-2,9,11,15H,3-8,10H2/t11-/m1/s1. The maximum Gasteiger partial charge on any atom is 0.270 e. The van der Waals surface area contributed by atoms with E-state index in [1.807, 2.05) is 0 Å². The van der Waals surface area contributed by atoms with Crippen LogP contribution in [0, 0.1) is 10.1 Å². The second-order valence-electron chi connectivity index (χ2n) is 6.20. The van der Waals surface area contributed by atoms with Crippen LogP contribution in [0.5, 0.6) is 0 Å². The number of ether oxygens (including phenoxy) is 1. The first kappa shape index (κ1) is 19.0. The first-order valence-electron chi connectivity index (χ1n) is 8.02. The smallest absolute Gasteiger partial charge is 0.270 e. The number of non-ortho nitro benzene ring substituents is 1. The van der Waals surface area contributed by atoms with Crippen molar-refractivity contribution in [2.45, 2.75) is 17.4 Å². The molecule has 10 nitrogen and oxygen atoms in total. The summed E-state index contributed by atoms with van der Waals surface area (Å²) >= 11 is 0. The number of nitrogens with zero attached hydrogens (tertiary/aromatic N) is 2. The highest BCUT2D eigenvalue weighted by atomic mass is 32.2. The minimum absolute atomic E-state index is 0.0309. The van der Waals surface area contributed by atoms with Crippen molar-refractivity contribution in [1.82, 2.24) is 4.31 Å². The van der Waals surface area contributed by atoms with Gasteiger partial charge >= 0.3 is 0 Å². The van der Waals surface area contributed by atoms with E-state index in [1.165, 1.54) is 16.4 Å². The van der Waals surface area contributed by atoms with Crippen molar-refractivity contribution in [2.75, 3.05) is 43.1 Å². The van der Waals surface area contributed by atoms with E-state index < -0.39 is 30.8 Å². The van der Waals surface area contributed by atoms with Gasteiger partial charge in [0.15, 0.2) is 9.84 Å². The Kier molecular flexibility index (Phi) is 5.19. The normalized spacial score (nSPS) is 23.6. The Morgan fingerprint density at radius 3 is 2.54 bits per heavy atom. The van der Waals surface area contributed by atoms with E-state index in [0.29, 0.717) is 6.42 Å². The molecule has 0 spiro atoms. The number of nitro groups is 1. The van der Waals surface area contributed by atoms with Crippen LogP contribution >= 0.6 is 0 Å². The Morgan fingerprint density at radius 2 is 1.96 bits per heavy atom. The monoisotopic (exact) mass is 405 g/mol. The molecular formula is C14H19N3O7S2. The van der Waals surface area contributed by atoms with Crippen LogP contribution in [0.25, 0.3) is 0 Å². The van der Waals surface area contributed by atoms with Crippen molar-refractivity contribution in [3.63, 3.8) is 0 Å². The van der Waals surface area contributed by atoms with Gasteiger partial charge in [0.1, 0.15) is 4.90 Å². The van der Waals surface area contributed by atoms with Crippen molar-refractivity contribution in [3.05, 3.63) is 28.3 Å². The SMILES string of the molecule is O=[N+]([O-])c1ccc(N[C@@H]2CCS(=O)(=O)C2)c(S(=O)(=O)N2CCOCC2)c1. The molecule has 1 aromatic rings. The molecule has 0 aromatic heterocycles. The Bertz CT molecular complexity index is 908. The van der Waals surface area contributed by atoms with Crippen LogP contribution in [0.2, 0.25) is 0 Å². The van der Waals surface area contributed by atoms with Crippen molar-refractivity contribution in [3.8, 4) is 0 Å². The molecule has 0 radical (unpaired) electrons. The molecule has 0 saturated carbocycles. The van der Waals surface area contributed by atoms with Crippen molar-refractivity contribution >= 4 is 31.2 Å². The Balaban J connectivity index is 1.97. The van der Waals surface area contributed by atoms with Gasteiger partial charge in [-0.25, -0.2) is 16.8 Å².